The molecule has 3 aromatic carbocycles. The number of carbonyl (C=O) groups excluding carboxylic acids is 1. The molecule has 0 aliphatic heterocycles. The van der Waals surface area contributed by atoms with Gasteiger partial charge in [0.2, 0.25) is 0 Å². The first kappa shape index (κ1) is 24.2. The number of anilines is 2. The van der Waals surface area contributed by atoms with Crippen LogP contribution in [0.4, 0.5) is 28.9 Å². The van der Waals surface area contributed by atoms with E-state index in [1.54, 1.807) is 6.92 Å². The van der Waals surface area contributed by atoms with Crippen molar-refractivity contribution in [3.63, 3.8) is 0 Å². The average molecular weight is 502 g/mol. The quantitative estimate of drug-likeness (QED) is 0.205. The Morgan fingerprint density at radius 2 is 1.69 bits per heavy atom. The number of alkyl halides is 3. The Kier molecular flexibility index (Phi) is 6.74. The number of benzene rings is 3. The summed E-state index contributed by atoms with van der Waals surface area (Å²) < 4.78 is 60.8. The minimum Gasteiger partial charge on any atom is -0.459 e. The van der Waals surface area contributed by atoms with Gasteiger partial charge in [0.15, 0.2) is 5.11 Å². The second-order valence-electron chi connectivity index (χ2n) is 7.70. The standard InChI is InChI=1S/C25H19F4N3O2S/c1-14(22-12-15-6-2-5-9-21(15)34-22)30-24(35)31-16-10-11-20(18(13-16)25(27,28)29)32-23(33)17-7-3-4-8-19(17)26/h2-14H,1H3,(H,32,33)(H2,30,31,35). The van der Waals surface area contributed by atoms with Crippen LogP contribution in [0, 0.1) is 5.82 Å². The lowest BCUT2D eigenvalue weighted by molar-refractivity contribution is -0.136. The second kappa shape index (κ2) is 9.75. The molecule has 1 atom stereocenters. The first-order valence-corrected chi connectivity index (χ1v) is 10.9. The molecule has 10 heteroatoms. The van der Waals surface area contributed by atoms with Gasteiger partial charge in [-0.05, 0) is 61.6 Å². The summed E-state index contributed by atoms with van der Waals surface area (Å²) in [7, 11) is 0. The van der Waals surface area contributed by atoms with Crippen molar-refractivity contribution in [3.05, 3.63) is 95.5 Å². The van der Waals surface area contributed by atoms with Gasteiger partial charge in [-0.25, -0.2) is 4.39 Å². The highest BCUT2D eigenvalue weighted by Crippen LogP contribution is 2.37. The van der Waals surface area contributed by atoms with Gasteiger partial charge in [-0.3, -0.25) is 4.79 Å². The van der Waals surface area contributed by atoms with Crippen molar-refractivity contribution in [2.24, 2.45) is 0 Å². The van der Waals surface area contributed by atoms with Gasteiger partial charge < -0.3 is 20.4 Å². The van der Waals surface area contributed by atoms with Crippen molar-refractivity contribution < 1.29 is 26.8 Å². The molecule has 0 aliphatic carbocycles. The number of thiocarbonyl (C=S) groups is 1. The monoisotopic (exact) mass is 501 g/mol. The van der Waals surface area contributed by atoms with Crippen molar-refractivity contribution in [2.75, 3.05) is 10.6 Å². The van der Waals surface area contributed by atoms with Crippen LogP contribution in [0.3, 0.4) is 0 Å². The van der Waals surface area contributed by atoms with Crippen LogP contribution in [0.1, 0.15) is 34.6 Å². The normalized spacial score (nSPS) is 12.3. The van der Waals surface area contributed by atoms with Gasteiger partial charge in [-0.1, -0.05) is 30.3 Å². The van der Waals surface area contributed by atoms with E-state index in [9.17, 15) is 22.4 Å². The number of fused-ring (bicyclic) bond motifs is 1. The Morgan fingerprint density at radius 1 is 0.971 bits per heavy atom. The van der Waals surface area contributed by atoms with Gasteiger partial charge in [0.1, 0.15) is 17.2 Å². The second-order valence-corrected chi connectivity index (χ2v) is 8.11. The predicted octanol–water partition coefficient (Wildman–Crippen LogP) is 6.89. The third-order valence-corrected chi connectivity index (χ3v) is 5.39. The number of amides is 1. The molecular formula is C25H19F4N3O2S. The summed E-state index contributed by atoms with van der Waals surface area (Å²) in [6.07, 6.45) is -4.79. The smallest absolute Gasteiger partial charge is 0.418 e. The Bertz CT molecular complexity index is 1370. The number of nitrogens with one attached hydrogen (secondary N) is 3. The number of hydrogen-bond acceptors (Lipinski definition) is 3. The average Bonchev–Trinajstić information content (AvgIpc) is 3.24. The summed E-state index contributed by atoms with van der Waals surface area (Å²) in [6.45, 7) is 1.80. The molecule has 1 amide bonds. The first-order valence-electron chi connectivity index (χ1n) is 10.4. The van der Waals surface area contributed by atoms with E-state index in [-0.39, 0.29) is 22.4 Å². The Balaban J connectivity index is 1.49. The van der Waals surface area contributed by atoms with Crippen LogP contribution < -0.4 is 16.0 Å². The Morgan fingerprint density at radius 3 is 2.40 bits per heavy atom. The molecule has 0 radical (unpaired) electrons. The summed E-state index contributed by atoms with van der Waals surface area (Å²) in [5, 5.41) is 8.81. The lowest BCUT2D eigenvalue weighted by Gasteiger charge is -2.18. The molecule has 4 aromatic rings. The van der Waals surface area contributed by atoms with E-state index in [2.05, 4.69) is 16.0 Å². The van der Waals surface area contributed by atoms with Crippen molar-refractivity contribution in [3.8, 4) is 0 Å². The van der Waals surface area contributed by atoms with Gasteiger partial charge >= 0.3 is 6.18 Å². The molecule has 1 unspecified atom stereocenters. The number of carbonyl (C=O) groups is 1. The SMILES string of the molecule is CC(NC(=S)Nc1ccc(NC(=O)c2ccccc2F)c(C(F)(F)F)c1)c1cc2ccccc2o1. The van der Waals surface area contributed by atoms with E-state index in [0.29, 0.717) is 11.3 Å². The minimum atomic E-state index is -4.79. The van der Waals surface area contributed by atoms with Crippen molar-refractivity contribution in [2.45, 2.75) is 19.1 Å². The molecule has 0 saturated heterocycles. The first-order chi connectivity index (χ1) is 16.6. The lowest BCUT2D eigenvalue weighted by Crippen LogP contribution is -2.30. The Hall–Kier alpha value is -3.92. The molecule has 3 N–H and O–H groups in total. The molecule has 1 aromatic heterocycles. The van der Waals surface area contributed by atoms with Crippen LogP contribution in [0.25, 0.3) is 11.0 Å². The van der Waals surface area contributed by atoms with Crippen LogP contribution in [-0.4, -0.2) is 11.0 Å². The fourth-order valence-corrected chi connectivity index (χ4v) is 3.75. The van der Waals surface area contributed by atoms with E-state index < -0.39 is 29.2 Å². The summed E-state index contributed by atoms with van der Waals surface area (Å²) in [5.74, 6) is -1.23. The van der Waals surface area contributed by atoms with Crippen LogP contribution in [0.2, 0.25) is 0 Å². The molecule has 180 valence electrons. The van der Waals surface area contributed by atoms with Gasteiger partial charge in [-0.15, -0.1) is 0 Å². The van der Waals surface area contributed by atoms with E-state index in [4.69, 9.17) is 16.6 Å². The highest BCUT2D eigenvalue weighted by molar-refractivity contribution is 7.80. The molecule has 0 aliphatic rings. The zero-order valence-corrected chi connectivity index (χ0v) is 19.1. The minimum absolute atomic E-state index is 0.0514. The molecule has 4 rings (SSSR count). The summed E-state index contributed by atoms with van der Waals surface area (Å²) in [5.41, 5.74) is -1.23. The summed E-state index contributed by atoms with van der Waals surface area (Å²) >= 11 is 5.25. The van der Waals surface area contributed by atoms with Crippen LogP contribution in [0.15, 0.2) is 77.2 Å². The highest BCUT2D eigenvalue weighted by Gasteiger charge is 2.34. The maximum atomic E-state index is 13.9. The summed E-state index contributed by atoms with van der Waals surface area (Å²) in [4.78, 5) is 12.3. The predicted molar refractivity (Wildman–Crippen MR) is 130 cm³/mol. The van der Waals surface area contributed by atoms with Crippen LogP contribution in [0.5, 0.6) is 0 Å². The largest absolute Gasteiger partial charge is 0.459 e. The molecule has 5 nitrogen and oxygen atoms in total. The molecule has 1 heterocycles. The maximum Gasteiger partial charge on any atom is 0.418 e. The topological polar surface area (TPSA) is 66.3 Å². The number of halogens is 4. The lowest BCUT2D eigenvalue weighted by atomic mass is 10.1. The molecule has 0 saturated carbocycles. The van der Waals surface area contributed by atoms with Crippen molar-refractivity contribution in [1.82, 2.24) is 5.32 Å². The van der Waals surface area contributed by atoms with E-state index in [1.807, 2.05) is 30.3 Å². The zero-order chi connectivity index (χ0) is 25.2. The van der Waals surface area contributed by atoms with Crippen molar-refractivity contribution in [1.29, 1.82) is 0 Å². The molecule has 0 fully saturated rings. The highest BCUT2D eigenvalue weighted by atomic mass is 32.1. The van der Waals surface area contributed by atoms with Crippen LogP contribution >= 0.6 is 12.2 Å². The third kappa shape index (κ3) is 5.60. The Labute approximate surface area is 203 Å². The van der Waals surface area contributed by atoms with Gasteiger partial charge in [0, 0.05) is 11.1 Å². The number of hydrogen-bond donors (Lipinski definition) is 3. The zero-order valence-electron chi connectivity index (χ0n) is 18.2. The van der Waals surface area contributed by atoms with Gasteiger partial charge in [-0.2, -0.15) is 13.2 Å². The van der Waals surface area contributed by atoms with Crippen molar-refractivity contribution >= 4 is 45.6 Å². The van der Waals surface area contributed by atoms with E-state index in [1.165, 1.54) is 24.3 Å². The maximum absolute atomic E-state index is 13.9. The van der Waals surface area contributed by atoms with E-state index >= 15 is 0 Å². The molecular weight excluding hydrogens is 482 g/mol. The third-order valence-electron chi connectivity index (χ3n) is 5.17. The number of para-hydroxylation sites is 1. The molecule has 0 bridgehead atoms. The number of furan rings is 1. The number of rotatable bonds is 5. The fraction of sp³-hybridized carbons (Fsp3) is 0.120. The summed E-state index contributed by atoms with van der Waals surface area (Å²) in [6, 6.07) is 17.2. The fourth-order valence-electron chi connectivity index (χ4n) is 3.45. The molecule has 0 spiro atoms. The van der Waals surface area contributed by atoms with Gasteiger partial charge in [0.05, 0.1) is 22.9 Å². The van der Waals surface area contributed by atoms with E-state index in [0.717, 1.165) is 23.6 Å². The van der Waals surface area contributed by atoms with Gasteiger partial charge in [0.25, 0.3) is 5.91 Å². The van der Waals surface area contributed by atoms with Crippen LogP contribution in [-0.2, 0) is 6.18 Å². The molecule has 35 heavy (non-hydrogen) atoms.